The van der Waals surface area contributed by atoms with Crippen molar-refractivity contribution in [3.63, 3.8) is 0 Å². The first-order valence-corrected chi connectivity index (χ1v) is 24.8. The van der Waals surface area contributed by atoms with Crippen LogP contribution < -0.4 is 0 Å². The van der Waals surface area contributed by atoms with Gasteiger partial charge in [0.05, 0.1) is 0 Å². The van der Waals surface area contributed by atoms with Crippen molar-refractivity contribution in [1.29, 1.82) is 0 Å². The number of thiol groups is 1. The third-order valence-corrected chi connectivity index (χ3v) is 14.0. The van der Waals surface area contributed by atoms with Gasteiger partial charge in [-0.15, -0.1) is 12.2 Å². The van der Waals surface area contributed by atoms with Crippen molar-refractivity contribution in [2.24, 2.45) is 0 Å². The summed E-state index contributed by atoms with van der Waals surface area (Å²) in [5.41, 5.74) is 0. The maximum Gasteiger partial charge on any atom is 0.00343 e. The summed E-state index contributed by atoms with van der Waals surface area (Å²) in [5.74, 6) is 0. The monoisotopic (exact) mass is 659 g/mol. The van der Waals surface area contributed by atoms with Gasteiger partial charge in [-0.3, -0.25) is 0 Å². The Kier molecular flexibility index (Phi) is 38.3. The van der Waals surface area contributed by atoms with Gasteiger partial charge in [0.1, 0.15) is 0 Å². The van der Waals surface area contributed by atoms with Crippen molar-refractivity contribution in [1.82, 2.24) is 0 Å². The van der Waals surface area contributed by atoms with Crippen LogP contribution in [0.4, 0.5) is 0 Å². The van der Waals surface area contributed by atoms with Crippen molar-refractivity contribution in [2.45, 2.75) is 245 Å². The Labute approximate surface area is 285 Å². The zero-order valence-electron chi connectivity index (χ0n) is 30.2. The lowest BCUT2D eigenvalue weighted by Crippen LogP contribution is -1.92. The molecule has 0 N–H and O–H groups in total. The van der Waals surface area contributed by atoms with Gasteiger partial charge in [-0.2, -0.15) is 0 Å². The van der Waals surface area contributed by atoms with E-state index in [1.165, 1.54) is 243 Å². The Balaban J connectivity index is 3.26. The van der Waals surface area contributed by atoms with Gasteiger partial charge in [-0.05, 0) is 25.2 Å². The average Bonchev–Trinajstić information content (AvgIpc) is 3.00. The molecule has 0 aromatic rings. The summed E-state index contributed by atoms with van der Waals surface area (Å²) < 4.78 is 0. The molecule has 0 radical (unpaired) electrons. The molecule has 0 aliphatic carbocycles. The van der Waals surface area contributed by atoms with E-state index in [1.807, 2.05) is 0 Å². The fourth-order valence-corrected chi connectivity index (χ4v) is 9.92. The summed E-state index contributed by atoms with van der Waals surface area (Å²) in [6, 6.07) is 0. The molecular formula is C40H83PS2. The molecule has 0 aliphatic rings. The quantitative estimate of drug-likeness (QED) is 0.0391. The molecule has 0 saturated heterocycles. The Morgan fingerprint density at radius 3 is 0.581 bits per heavy atom. The predicted molar refractivity (Wildman–Crippen MR) is 211 cm³/mol. The van der Waals surface area contributed by atoms with E-state index in [0.717, 1.165) is 0 Å². The van der Waals surface area contributed by atoms with Gasteiger partial charge >= 0.3 is 0 Å². The lowest BCUT2D eigenvalue weighted by atomic mass is 10.0. The standard InChI is InChI=1S/C40H83PS2/c1-3-5-7-9-11-13-15-17-19-21-23-25-27-29-31-33-35-37-39-41(42,43)40-38-36-34-32-30-28-26-24-22-20-18-16-14-12-10-8-6-4-2/h3-40H2,1-2H3,(H,42,43). The Morgan fingerprint density at radius 2 is 0.419 bits per heavy atom. The second kappa shape index (κ2) is 37.5. The minimum Gasteiger partial charge on any atom is -0.141 e. The second-order valence-electron chi connectivity index (χ2n) is 14.3. The summed E-state index contributed by atoms with van der Waals surface area (Å²) >= 11 is 10.9. The molecule has 0 atom stereocenters. The zero-order valence-corrected chi connectivity index (χ0v) is 32.8. The van der Waals surface area contributed by atoms with Crippen molar-refractivity contribution in [2.75, 3.05) is 12.3 Å². The van der Waals surface area contributed by atoms with E-state index in [4.69, 9.17) is 24.1 Å². The molecule has 0 aromatic heterocycles. The molecule has 0 fully saturated rings. The van der Waals surface area contributed by atoms with E-state index >= 15 is 0 Å². The molecule has 0 saturated carbocycles. The maximum atomic E-state index is 5.95. The Hall–Kier alpha value is 1.00. The third-order valence-electron chi connectivity index (χ3n) is 9.72. The summed E-state index contributed by atoms with van der Waals surface area (Å²) in [5, 5.41) is -1.35. The average molecular weight is 659 g/mol. The summed E-state index contributed by atoms with van der Waals surface area (Å²) in [4.78, 5) is 0. The third kappa shape index (κ3) is 39.1. The first-order valence-electron chi connectivity index (χ1n) is 20.4. The Morgan fingerprint density at radius 1 is 0.279 bits per heavy atom. The predicted octanol–water partition coefficient (Wildman–Crippen LogP) is 16.4. The normalized spacial score (nSPS) is 12.0. The van der Waals surface area contributed by atoms with E-state index < -0.39 is 5.24 Å². The van der Waals surface area contributed by atoms with Crippen LogP contribution >= 0.6 is 17.5 Å². The second-order valence-corrected chi connectivity index (χ2v) is 22.1. The molecule has 0 rings (SSSR count). The molecule has 0 amide bonds. The smallest absolute Gasteiger partial charge is 0.00343 e. The van der Waals surface area contributed by atoms with E-state index in [0.29, 0.717) is 0 Å². The molecule has 0 unspecified atom stereocenters. The number of rotatable bonds is 38. The molecule has 260 valence electrons. The minimum absolute atomic E-state index is 1.24. The zero-order chi connectivity index (χ0) is 31.4. The van der Waals surface area contributed by atoms with Gasteiger partial charge < -0.3 is 0 Å². The topological polar surface area (TPSA) is 0 Å². The van der Waals surface area contributed by atoms with E-state index in [9.17, 15) is 0 Å². The molecule has 0 heterocycles. The van der Waals surface area contributed by atoms with Crippen LogP contribution in [-0.4, -0.2) is 12.3 Å². The minimum atomic E-state index is -1.35. The van der Waals surface area contributed by atoms with Crippen molar-refractivity contribution < 1.29 is 0 Å². The highest BCUT2D eigenvalue weighted by Crippen LogP contribution is 2.52. The van der Waals surface area contributed by atoms with Crippen LogP contribution in [0.1, 0.15) is 245 Å². The van der Waals surface area contributed by atoms with Crippen molar-refractivity contribution in [3.8, 4) is 0 Å². The van der Waals surface area contributed by atoms with Gasteiger partial charge in [0.15, 0.2) is 0 Å². The van der Waals surface area contributed by atoms with Crippen LogP contribution in [0.3, 0.4) is 0 Å². The summed E-state index contributed by atoms with van der Waals surface area (Å²) in [7, 11) is 0. The van der Waals surface area contributed by atoms with E-state index in [2.05, 4.69) is 13.8 Å². The first kappa shape index (κ1) is 44.0. The summed E-state index contributed by atoms with van der Waals surface area (Å²) in [6.07, 6.45) is 54.5. The van der Waals surface area contributed by atoms with Gasteiger partial charge in [0.2, 0.25) is 0 Å². The Bertz CT molecular complexity index is 505. The van der Waals surface area contributed by atoms with Gasteiger partial charge in [-0.25, -0.2) is 0 Å². The van der Waals surface area contributed by atoms with Crippen molar-refractivity contribution in [3.05, 3.63) is 0 Å². The number of unbranched alkanes of at least 4 members (excludes halogenated alkanes) is 34. The molecule has 0 bridgehead atoms. The molecule has 43 heavy (non-hydrogen) atoms. The fourth-order valence-electron chi connectivity index (χ4n) is 6.63. The van der Waals surface area contributed by atoms with E-state index in [-0.39, 0.29) is 0 Å². The fraction of sp³-hybridized carbons (Fsp3) is 1.00. The number of hydrogen-bond donors (Lipinski definition) is 1. The lowest BCUT2D eigenvalue weighted by molar-refractivity contribution is 0.526. The highest BCUT2D eigenvalue weighted by molar-refractivity contribution is 8.63. The summed E-state index contributed by atoms with van der Waals surface area (Å²) in [6.45, 7) is 4.61. The molecular weight excluding hydrogens is 576 g/mol. The van der Waals surface area contributed by atoms with Gasteiger partial charge in [0, 0.05) is 5.24 Å². The molecule has 3 heteroatoms. The molecule has 0 aliphatic heterocycles. The molecule has 0 aromatic carbocycles. The highest BCUT2D eigenvalue weighted by atomic mass is 32.9. The largest absolute Gasteiger partial charge is 0.141 e. The molecule has 0 spiro atoms. The number of hydrogen-bond acceptors (Lipinski definition) is 1. The van der Waals surface area contributed by atoms with Crippen LogP contribution in [0.2, 0.25) is 0 Å². The first-order chi connectivity index (χ1) is 21.1. The van der Waals surface area contributed by atoms with Gasteiger partial charge in [0.25, 0.3) is 0 Å². The van der Waals surface area contributed by atoms with Crippen LogP contribution in [0.5, 0.6) is 0 Å². The van der Waals surface area contributed by atoms with Crippen LogP contribution in [0.25, 0.3) is 0 Å². The van der Waals surface area contributed by atoms with Crippen LogP contribution in [-0.2, 0) is 11.8 Å². The van der Waals surface area contributed by atoms with Crippen LogP contribution in [0.15, 0.2) is 0 Å². The maximum absolute atomic E-state index is 5.95. The van der Waals surface area contributed by atoms with Crippen LogP contribution in [0, 0.1) is 0 Å². The highest BCUT2D eigenvalue weighted by Gasteiger charge is 2.10. The van der Waals surface area contributed by atoms with Gasteiger partial charge in [-0.1, -0.05) is 244 Å². The lowest BCUT2D eigenvalue weighted by Gasteiger charge is -2.15. The SMILES string of the molecule is CCCCCCCCCCCCCCCCCCCCP(=S)(S)CCCCCCCCCCCCCCCCCCCC. The van der Waals surface area contributed by atoms with Crippen molar-refractivity contribution >= 4 is 29.3 Å². The molecule has 0 nitrogen and oxygen atoms in total. The van der Waals surface area contributed by atoms with E-state index in [1.54, 1.807) is 0 Å².